The van der Waals surface area contributed by atoms with Gasteiger partial charge in [-0.2, -0.15) is 13.4 Å². The van der Waals surface area contributed by atoms with Crippen LogP contribution in [0.1, 0.15) is 25.0 Å². The van der Waals surface area contributed by atoms with Crippen molar-refractivity contribution in [2.24, 2.45) is 0 Å². The van der Waals surface area contributed by atoms with Crippen LogP contribution in [0.25, 0.3) is 0 Å². The van der Waals surface area contributed by atoms with Gasteiger partial charge in [-0.05, 0) is 50.5 Å². The van der Waals surface area contributed by atoms with Crippen LogP contribution in [0.2, 0.25) is 0 Å². The van der Waals surface area contributed by atoms with Gasteiger partial charge in [-0.3, -0.25) is 4.72 Å². The fourth-order valence-electron chi connectivity index (χ4n) is 3.22. The standard InChI is InChI=1S/C19H23N7O2S/c1-14-11-17(24-19(22-14)26-9-3-2-4-10-26)23-15-5-7-16(8-6-15)25-29(27,28)18-12-20-13-21-18/h5-8,11-13,25H,2-4,9-10H2,1H3,(H,20,21)(H,22,23,24). The third kappa shape index (κ3) is 4.65. The molecule has 0 saturated carbocycles. The zero-order valence-corrected chi connectivity index (χ0v) is 16.9. The SMILES string of the molecule is Cc1cc(Nc2ccc(NS(=O)(=O)c3cnc[nH]3)cc2)nc(N2CCCCC2)n1. The van der Waals surface area contributed by atoms with Gasteiger partial charge >= 0.3 is 0 Å². The van der Waals surface area contributed by atoms with E-state index in [1.54, 1.807) is 24.3 Å². The summed E-state index contributed by atoms with van der Waals surface area (Å²) in [5.74, 6) is 1.46. The molecule has 1 fully saturated rings. The van der Waals surface area contributed by atoms with E-state index >= 15 is 0 Å². The maximum Gasteiger partial charge on any atom is 0.278 e. The average molecular weight is 414 g/mol. The highest BCUT2D eigenvalue weighted by Crippen LogP contribution is 2.23. The molecule has 1 saturated heterocycles. The predicted molar refractivity (Wildman–Crippen MR) is 112 cm³/mol. The number of rotatable bonds is 6. The predicted octanol–water partition coefficient (Wildman–Crippen LogP) is 3.04. The smallest absolute Gasteiger partial charge is 0.278 e. The largest absolute Gasteiger partial charge is 0.341 e. The van der Waals surface area contributed by atoms with Gasteiger partial charge in [0.25, 0.3) is 10.0 Å². The van der Waals surface area contributed by atoms with Gasteiger partial charge in [-0.1, -0.05) is 0 Å². The minimum atomic E-state index is -3.68. The molecule has 2 aromatic heterocycles. The quantitative estimate of drug-likeness (QED) is 0.569. The summed E-state index contributed by atoms with van der Waals surface area (Å²) in [6.45, 7) is 3.91. The Kier molecular flexibility index (Phi) is 5.34. The van der Waals surface area contributed by atoms with Crippen molar-refractivity contribution in [1.82, 2.24) is 19.9 Å². The Morgan fingerprint density at radius 1 is 1.03 bits per heavy atom. The van der Waals surface area contributed by atoms with E-state index in [1.807, 2.05) is 13.0 Å². The number of hydrogen-bond acceptors (Lipinski definition) is 7. The molecule has 3 N–H and O–H groups in total. The van der Waals surface area contributed by atoms with Crippen molar-refractivity contribution in [3.8, 4) is 0 Å². The number of H-pyrrole nitrogens is 1. The Hall–Kier alpha value is -3.14. The van der Waals surface area contributed by atoms with Gasteiger partial charge in [0.05, 0.1) is 12.5 Å². The van der Waals surface area contributed by atoms with Crippen LogP contribution >= 0.6 is 0 Å². The topological polar surface area (TPSA) is 116 Å². The van der Waals surface area contributed by atoms with E-state index in [-0.39, 0.29) is 5.03 Å². The molecule has 1 aromatic carbocycles. The number of anilines is 4. The van der Waals surface area contributed by atoms with Gasteiger partial charge in [0, 0.05) is 36.2 Å². The molecule has 3 aromatic rings. The second-order valence-electron chi connectivity index (χ2n) is 6.97. The van der Waals surface area contributed by atoms with Crippen molar-refractivity contribution < 1.29 is 8.42 Å². The summed E-state index contributed by atoms with van der Waals surface area (Å²) in [5, 5.41) is 3.29. The van der Waals surface area contributed by atoms with Gasteiger partial charge < -0.3 is 15.2 Å². The zero-order valence-electron chi connectivity index (χ0n) is 16.1. The number of piperidine rings is 1. The molecular formula is C19H23N7O2S. The van der Waals surface area contributed by atoms with E-state index in [4.69, 9.17) is 0 Å². The van der Waals surface area contributed by atoms with Crippen molar-refractivity contribution in [1.29, 1.82) is 0 Å². The van der Waals surface area contributed by atoms with Crippen LogP contribution in [0.15, 0.2) is 47.9 Å². The van der Waals surface area contributed by atoms with Gasteiger partial charge in [-0.25, -0.2) is 9.97 Å². The molecule has 152 valence electrons. The van der Waals surface area contributed by atoms with Gasteiger partial charge in [0.1, 0.15) is 5.82 Å². The molecule has 3 heterocycles. The van der Waals surface area contributed by atoms with Crippen molar-refractivity contribution in [3.63, 3.8) is 0 Å². The molecule has 29 heavy (non-hydrogen) atoms. The van der Waals surface area contributed by atoms with E-state index < -0.39 is 10.0 Å². The molecule has 0 atom stereocenters. The minimum Gasteiger partial charge on any atom is -0.341 e. The Balaban J connectivity index is 1.47. The second kappa shape index (κ2) is 8.08. The summed E-state index contributed by atoms with van der Waals surface area (Å²) in [7, 11) is -3.68. The van der Waals surface area contributed by atoms with Crippen LogP contribution in [0.3, 0.4) is 0 Å². The van der Waals surface area contributed by atoms with Crippen molar-refractivity contribution >= 4 is 33.2 Å². The Morgan fingerprint density at radius 3 is 2.45 bits per heavy atom. The molecule has 4 rings (SSSR count). The number of imidazole rings is 1. The van der Waals surface area contributed by atoms with Crippen LogP contribution in [-0.4, -0.2) is 41.4 Å². The lowest BCUT2D eigenvalue weighted by atomic mass is 10.1. The molecule has 0 bridgehead atoms. The highest BCUT2D eigenvalue weighted by molar-refractivity contribution is 7.92. The lowest BCUT2D eigenvalue weighted by Crippen LogP contribution is -2.31. The maximum atomic E-state index is 12.2. The van der Waals surface area contributed by atoms with Crippen molar-refractivity contribution in [3.05, 3.63) is 48.5 Å². The molecule has 1 aliphatic rings. The fraction of sp³-hybridized carbons (Fsp3) is 0.316. The lowest BCUT2D eigenvalue weighted by Gasteiger charge is -2.27. The number of aryl methyl sites for hydroxylation is 1. The summed E-state index contributed by atoms with van der Waals surface area (Å²) >= 11 is 0. The maximum absolute atomic E-state index is 12.2. The summed E-state index contributed by atoms with van der Waals surface area (Å²) in [5.41, 5.74) is 2.15. The molecule has 1 aliphatic heterocycles. The summed E-state index contributed by atoms with van der Waals surface area (Å²) < 4.78 is 27.0. The van der Waals surface area contributed by atoms with E-state index in [0.717, 1.165) is 43.3 Å². The first-order valence-electron chi connectivity index (χ1n) is 9.48. The Morgan fingerprint density at radius 2 is 1.76 bits per heavy atom. The fourth-order valence-corrected chi connectivity index (χ4v) is 4.19. The molecule has 10 heteroatoms. The third-order valence-corrected chi connectivity index (χ3v) is 5.96. The van der Waals surface area contributed by atoms with E-state index in [2.05, 4.69) is 34.9 Å². The average Bonchev–Trinajstić information content (AvgIpc) is 3.26. The van der Waals surface area contributed by atoms with E-state index in [1.165, 1.54) is 18.9 Å². The number of sulfonamides is 1. The summed E-state index contributed by atoms with van der Waals surface area (Å²) in [6, 6.07) is 8.86. The first-order chi connectivity index (χ1) is 14.0. The van der Waals surface area contributed by atoms with Crippen LogP contribution in [0, 0.1) is 6.92 Å². The van der Waals surface area contributed by atoms with E-state index in [0.29, 0.717) is 11.5 Å². The van der Waals surface area contributed by atoms with E-state index in [9.17, 15) is 8.42 Å². The number of aromatic amines is 1. The molecule has 0 radical (unpaired) electrons. The van der Waals surface area contributed by atoms with Gasteiger partial charge in [-0.15, -0.1) is 0 Å². The van der Waals surface area contributed by atoms with Crippen LogP contribution in [0.4, 0.5) is 23.1 Å². The molecule has 9 nitrogen and oxygen atoms in total. The molecule has 0 unspecified atom stereocenters. The number of benzene rings is 1. The molecule has 0 aliphatic carbocycles. The number of aromatic nitrogens is 4. The van der Waals surface area contributed by atoms with Gasteiger partial charge in [0.2, 0.25) is 5.95 Å². The number of nitrogens with one attached hydrogen (secondary N) is 3. The summed E-state index contributed by atoms with van der Waals surface area (Å²) in [6.07, 6.45) is 6.16. The van der Waals surface area contributed by atoms with Gasteiger partial charge in [0.15, 0.2) is 5.03 Å². The highest BCUT2D eigenvalue weighted by Gasteiger charge is 2.16. The first kappa shape index (κ1) is 19.2. The Bertz CT molecular complexity index is 1060. The number of nitrogens with zero attached hydrogens (tertiary/aromatic N) is 4. The Labute approximate surface area is 169 Å². The normalized spacial score (nSPS) is 14.6. The second-order valence-corrected chi connectivity index (χ2v) is 8.62. The molecular weight excluding hydrogens is 390 g/mol. The van der Waals surface area contributed by atoms with Crippen LogP contribution < -0.4 is 14.9 Å². The monoisotopic (exact) mass is 413 g/mol. The molecule has 0 spiro atoms. The third-order valence-electron chi connectivity index (χ3n) is 4.65. The first-order valence-corrected chi connectivity index (χ1v) is 11.0. The summed E-state index contributed by atoms with van der Waals surface area (Å²) in [4.78, 5) is 17.8. The zero-order chi connectivity index (χ0) is 20.3. The lowest BCUT2D eigenvalue weighted by molar-refractivity contribution is 0.568. The minimum absolute atomic E-state index is 0.0152. The van der Waals surface area contributed by atoms with Crippen LogP contribution in [-0.2, 0) is 10.0 Å². The molecule has 0 amide bonds. The van der Waals surface area contributed by atoms with Crippen molar-refractivity contribution in [2.45, 2.75) is 31.2 Å². The highest BCUT2D eigenvalue weighted by atomic mass is 32.2. The van der Waals surface area contributed by atoms with Crippen molar-refractivity contribution in [2.75, 3.05) is 28.0 Å². The van der Waals surface area contributed by atoms with Crippen LogP contribution in [0.5, 0.6) is 0 Å². The number of hydrogen-bond donors (Lipinski definition) is 3.